The molecule has 1 aliphatic rings. The Hall–Kier alpha value is -1.33. The molecule has 3 amide bonds. The highest BCUT2D eigenvalue weighted by atomic mass is 32.3. The summed E-state index contributed by atoms with van der Waals surface area (Å²) < 4.78 is 21.4. The van der Waals surface area contributed by atoms with Gasteiger partial charge in [-0.15, -0.1) is 0 Å². The van der Waals surface area contributed by atoms with Crippen molar-refractivity contribution in [2.45, 2.75) is 4.71 Å². The fourth-order valence-corrected chi connectivity index (χ4v) is 2.88. The van der Waals surface area contributed by atoms with Crippen LogP contribution in [0.15, 0.2) is 4.99 Å². The third-order valence-corrected chi connectivity index (χ3v) is 4.82. The topological polar surface area (TPSA) is 119 Å². The van der Waals surface area contributed by atoms with E-state index in [9.17, 15) is 18.0 Å². The van der Waals surface area contributed by atoms with Crippen molar-refractivity contribution in [3.8, 4) is 0 Å². The van der Waals surface area contributed by atoms with Gasteiger partial charge in [0.1, 0.15) is 0 Å². The van der Waals surface area contributed by atoms with E-state index in [1.807, 2.05) is 0 Å². The second-order valence-electron chi connectivity index (χ2n) is 3.60. The summed E-state index contributed by atoms with van der Waals surface area (Å²) >= 11 is 0.648. The van der Waals surface area contributed by atoms with E-state index in [2.05, 4.69) is 10.4 Å². The number of hydrogen-bond acceptors (Lipinski definition) is 6. The number of amidine groups is 1. The Morgan fingerprint density at radius 3 is 2.44 bits per heavy atom. The summed E-state index contributed by atoms with van der Waals surface area (Å²) in [6.45, 7) is 0. The van der Waals surface area contributed by atoms with Gasteiger partial charge in [0, 0.05) is 20.4 Å². The lowest BCUT2D eigenvalue weighted by Crippen LogP contribution is -2.43. The second-order valence-corrected chi connectivity index (χ2v) is 7.10. The lowest BCUT2D eigenvalue weighted by atomic mass is 10.8. The maximum Gasteiger partial charge on any atom is 0.428 e. The molecular weight excluding hydrogens is 284 g/mol. The Balaban J connectivity index is 3.03. The molecule has 0 spiro atoms. The van der Waals surface area contributed by atoms with Crippen molar-refractivity contribution in [1.29, 1.82) is 0 Å². The number of carbonyl (C=O) groups is 2. The molecule has 1 atom stereocenters. The van der Waals surface area contributed by atoms with Crippen LogP contribution in [-0.2, 0) is 9.84 Å². The number of carboxylic acid groups (broad SMARTS) is 1. The summed E-state index contributed by atoms with van der Waals surface area (Å²) in [6.07, 6.45) is -0.493. The SMILES string of the molecule is CN(C)C(=O)N=C1SC(S(C)(=O)=O)NN1C(=O)O. The largest absolute Gasteiger partial charge is 0.464 e. The molecule has 1 heterocycles. The van der Waals surface area contributed by atoms with Gasteiger partial charge in [-0.25, -0.2) is 18.0 Å². The standard InChI is InChI=1S/C7H12N4O5S2/c1-10(2)4(12)8-5-11(7(13)14)9-6(17-5)18(3,15)16/h6,9H,1-3H3,(H,13,14). The van der Waals surface area contributed by atoms with Crippen LogP contribution in [0, 0.1) is 0 Å². The molecule has 102 valence electrons. The molecule has 1 unspecified atom stereocenters. The van der Waals surface area contributed by atoms with E-state index in [0.717, 1.165) is 11.2 Å². The van der Waals surface area contributed by atoms with Gasteiger partial charge >= 0.3 is 12.1 Å². The molecule has 0 aromatic carbocycles. The van der Waals surface area contributed by atoms with E-state index in [1.165, 1.54) is 14.1 Å². The number of sulfone groups is 1. The minimum Gasteiger partial charge on any atom is -0.464 e. The van der Waals surface area contributed by atoms with E-state index in [-0.39, 0.29) is 5.17 Å². The first-order valence-electron chi connectivity index (χ1n) is 4.57. The molecular formula is C7H12N4O5S2. The number of nitrogens with one attached hydrogen (secondary N) is 1. The fraction of sp³-hybridized carbons (Fsp3) is 0.571. The fourth-order valence-electron chi connectivity index (χ4n) is 0.914. The highest BCUT2D eigenvalue weighted by Crippen LogP contribution is 2.25. The van der Waals surface area contributed by atoms with Crippen molar-refractivity contribution in [2.75, 3.05) is 20.4 Å². The molecule has 1 saturated heterocycles. The monoisotopic (exact) mass is 296 g/mol. The van der Waals surface area contributed by atoms with Crippen LogP contribution in [-0.4, -0.2) is 65.8 Å². The number of amides is 3. The van der Waals surface area contributed by atoms with Gasteiger partial charge in [0.15, 0.2) is 19.7 Å². The van der Waals surface area contributed by atoms with Crippen LogP contribution < -0.4 is 5.43 Å². The first-order valence-corrected chi connectivity index (χ1v) is 7.41. The van der Waals surface area contributed by atoms with Crippen LogP contribution in [0.3, 0.4) is 0 Å². The zero-order valence-corrected chi connectivity index (χ0v) is 11.4. The van der Waals surface area contributed by atoms with E-state index in [0.29, 0.717) is 16.8 Å². The van der Waals surface area contributed by atoms with E-state index < -0.39 is 26.7 Å². The molecule has 0 aromatic rings. The van der Waals surface area contributed by atoms with E-state index in [1.54, 1.807) is 0 Å². The summed E-state index contributed by atoms with van der Waals surface area (Å²) in [4.78, 5) is 26.9. The van der Waals surface area contributed by atoms with Crippen LogP contribution in [0.1, 0.15) is 0 Å². The molecule has 0 radical (unpaired) electrons. The van der Waals surface area contributed by atoms with Crippen LogP contribution >= 0.6 is 11.8 Å². The number of rotatable bonds is 1. The number of carbonyl (C=O) groups excluding carboxylic acids is 1. The van der Waals surface area contributed by atoms with Crippen molar-refractivity contribution in [1.82, 2.24) is 15.3 Å². The molecule has 9 nitrogen and oxygen atoms in total. The second kappa shape index (κ2) is 5.12. The Morgan fingerprint density at radius 2 is 2.06 bits per heavy atom. The number of nitrogens with zero attached hydrogens (tertiary/aromatic N) is 3. The quantitative estimate of drug-likeness (QED) is 0.674. The lowest BCUT2D eigenvalue weighted by molar-refractivity contribution is 0.158. The van der Waals surface area contributed by atoms with Gasteiger partial charge in [-0.3, -0.25) is 0 Å². The van der Waals surface area contributed by atoms with Crippen molar-refractivity contribution >= 4 is 38.9 Å². The number of hydrazine groups is 1. The zero-order chi connectivity index (χ0) is 14.1. The van der Waals surface area contributed by atoms with Crippen LogP contribution in [0.5, 0.6) is 0 Å². The summed E-state index contributed by atoms with van der Waals surface area (Å²) in [5.74, 6) is 0. The molecule has 1 rings (SSSR count). The smallest absolute Gasteiger partial charge is 0.428 e. The van der Waals surface area contributed by atoms with Gasteiger partial charge in [-0.05, 0) is 11.8 Å². The normalized spacial score (nSPS) is 22.3. The summed E-state index contributed by atoms with van der Waals surface area (Å²) in [7, 11) is -0.631. The summed E-state index contributed by atoms with van der Waals surface area (Å²) in [6, 6.07) is -0.681. The molecule has 11 heteroatoms. The van der Waals surface area contributed by atoms with Crippen molar-refractivity contribution < 1.29 is 23.1 Å². The van der Waals surface area contributed by atoms with Crippen molar-refractivity contribution in [2.24, 2.45) is 4.99 Å². The average molecular weight is 296 g/mol. The Morgan fingerprint density at radius 1 is 1.50 bits per heavy atom. The zero-order valence-electron chi connectivity index (χ0n) is 9.82. The third-order valence-electron chi connectivity index (χ3n) is 1.79. The number of urea groups is 1. The average Bonchev–Trinajstić information content (AvgIpc) is 2.60. The van der Waals surface area contributed by atoms with Crippen molar-refractivity contribution in [3.05, 3.63) is 0 Å². The minimum atomic E-state index is -3.52. The highest BCUT2D eigenvalue weighted by molar-refractivity contribution is 8.23. The Kier molecular flexibility index (Phi) is 4.19. The van der Waals surface area contributed by atoms with Gasteiger partial charge in [-0.2, -0.15) is 15.4 Å². The minimum absolute atomic E-state index is 0.225. The molecule has 1 fully saturated rings. The maximum absolute atomic E-state index is 11.4. The molecule has 0 aromatic heterocycles. The molecule has 0 saturated carbocycles. The molecule has 0 bridgehead atoms. The predicted molar refractivity (Wildman–Crippen MR) is 65.7 cm³/mol. The van der Waals surface area contributed by atoms with Gasteiger partial charge in [0.2, 0.25) is 0 Å². The van der Waals surface area contributed by atoms with E-state index >= 15 is 0 Å². The maximum atomic E-state index is 11.4. The number of aliphatic imine (C=N–C) groups is 1. The van der Waals surface area contributed by atoms with Gasteiger partial charge in [0.05, 0.1) is 0 Å². The van der Waals surface area contributed by atoms with Crippen LogP contribution in [0.25, 0.3) is 0 Å². The summed E-state index contributed by atoms with van der Waals surface area (Å²) in [5, 5.41) is 9.15. The predicted octanol–water partition coefficient (Wildman–Crippen LogP) is -0.416. The first kappa shape index (κ1) is 14.7. The molecule has 1 aliphatic heterocycles. The number of hydrogen-bond donors (Lipinski definition) is 2. The number of thioether (sulfide) groups is 1. The Labute approximate surface area is 108 Å². The highest BCUT2D eigenvalue weighted by Gasteiger charge is 2.39. The third kappa shape index (κ3) is 3.34. The molecule has 18 heavy (non-hydrogen) atoms. The molecule has 2 N–H and O–H groups in total. The lowest BCUT2D eigenvalue weighted by Gasteiger charge is -2.12. The molecule has 0 aliphatic carbocycles. The van der Waals surface area contributed by atoms with Crippen molar-refractivity contribution in [3.63, 3.8) is 0 Å². The van der Waals surface area contributed by atoms with Gasteiger partial charge < -0.3 is 10.0 Å². The first-order chi connectivity index (χ1) is 8.12. The van der Waals surface area contributed by atoms with Crippen LogP contribution in [0.4, 0.5) is 9.59 Å². The van der Waals surface area contributed by atoms with Gasteiger partial charge in [0.25, 0.3) is 0 Å². The van der Waals surface area contributed by atoms with E-state index in [4.69, 9.17) is 5.11 Å². The van der Waals surface area contributed by atoms with Crippen LogP contribution in [0.2, 0.25) is 0 Å². The summed E-state index contributed by atoms with van der Waals surface area (Å²) in [5.41, 5.74) is 2.23. The Bertz CT molecular complexity index is 500. The van der Waals surface area contributed by atoms with Gasteiger partial charge in [-0.1, -0.05) is 0 Å².